The first-order valence-electron chi connectivity index (χ1n) is 7.58. The Morgan fingerprint density at radius 3 is 2.55 bits per heavy atom. The molecule has 0 aliphatic heterocycles. The molecule has 0 aliphatic carbocycles. The zero-order valence-corrected chi connectivity index (χ0v) is 13.0. The number of hydrogen-bond donors (Lipinski definition) is 1. The van der Waals surface area contributed by atoms with E-state index in [2.05, 4.69) is 24.1 Å². The van der Waals surface area contributed by atoms with Crippen molar-refractivity contribution in [3.8, 4) is 0 Å². The molecule has 1 unspecified atom stereocenters. The van der Waals surface area contributed by atoms with E-state index >= 15 is 0 Å². The van der Waals surface area contributed by atoms with Crippen LogP contribution in [0.4, 0.5) is 8.78 Å². The number of likely N-dealkylation sites (N-methyl/N-ethyl adjacent to an activating group) is 1. The molecular formula is C17H22F2N2O. The lowest BCUT2D eigenvalue weighted by molar-refractivity contribution is 0.187. The predicted octanol–water partition coefficient (Wildman–Crippen LogP) is 3.73. The fraction of sp³-hybridized carbons (Fsp3) is 0.412. The molecule has 22 heavy (non-hydrogen) atoms. The average molecular weight is 308 g/mol. The summed E-state index contributed by atoms with van der Waals surface area (Å²) in [6.45, 7) is 6.83. The molecular weight excluding hydrogens is 286 g/mol. The van der Waals surface area contributed by atoms with E-state index in [4.69, 9.17) is 4.42 Å². The molecule has 0 bridgehead atoms. The lowest BCUT2D eigenvalue weighted by Gasteiger charge is -2.28. The maximum Gasteiger partial charge on any atom is 0.163 e. The number of nitrogens with one attached hydrogen (secondary N) is 1. The molecule has 0 fully saturated rings. The van der Waals surface area contributed by atoms with Gasteiger partial charge in [-0.05, 0) is 31.3 Å². The molecule has 0 saturated carbocycles. The van der Waals surface area contributed by atoms with Crippen LogP contribution in [0.3, 0.4) is 0 Å². The minimum atomic E-state index is -0.814. The van der Waals surface area contributed by atoms with E-state index in [-0.39, 0.29) is 12.6 Å². The highest BCUT2D eigenvalue weighted by Gasteiger charge is 2.20. The van der Waals surface area contributed by atoms with Crippen LogP contribution in [0.5, 0.6) is 0 Å². The molecule has 3 nitrogen and oxygen atoms in total. The van der Waals surface area contributed by atoms with E-state index in [1.54, 1.807) is 12.3 Å². The van der Waals surface area contributed by atoms with Gasteiger partial charge in [0.25, 0.3) is 0 Å². The van der Waals surface area contributed by atoms with E-state index in [0.717, 1.165) is 24.9 Å². The second-order valence-corrected chi connectivity index (χ2v) is 5.10. The first-order valence-corrected chi connectivity index (χ1v) is 7.58. The quantitative estimate of drug-likeness (QED) is 0.805. The summed E-state index contributed by atoms with van der Waals surface area (Å²) in [6, 6.07) is 8.10. The molecule has 1 aromatic heterocycles. The molecule has 2 aromatic rings. The van der Waals surface area contributed by atoms with Gasteiger partial charge in [-0.2, -0.15) is 0 Å². The van der Waals surface area contributed by atoms with Gasteiger partial charge in [0.15, 0.2) is 11.6 Å². The monoisotopic (exact) mass is 308 g/mol. The highest BCUT2D eigenvalue weighted by Crippen LogP contribution is 2.20. The van der Waals surface area contributed by atoms with Gasteiger partial charge < -0.3 is 9.73 Å². The Labute approximate surface area is 129 Å². The summed E-state index contributed by atoms with van der Waals surface area (Å²) < 4.78 is 32.4. The Morgan fingerprint density at radius 2 is 1.91 bits per heavy atom. The lowest BCUT2D eigenvalue weighted by Crippen LogP contribution is -2.35. The van der Waals surface area contributed by atoms with E-state index < -0.39 is 11.6 Å². The topological polar surface area (TPSA) is 28.4 Å². The van der Waals surface area contributed by atoms with Crippen LogP contribution in [0.1, 0.15) is 31.2 Å². The molecule has 120 valence electrons. The Hall–Kier alpha value is -1.72. The number of halogens is 2. The third-order valence-electron chi connectivity index (χ3n) is 3.81. The fourth-order valence-electron chi connectivity index (χ4n) is 2.58. The second-order valence-electron chi connectivity index (χ2n) is 5.10. The Balaban J connectivity index is 2.01. The van der Waals surface area contributed by atoms with Crippen LogP contribution in [0.2, 0.25) is 0 Å². The maximum atomic E-state index is 13.6. The van der Waals surface area contributed by atoms with Crippen molar-refractivity contribution in [1.29, 1.82) is 0 Å². The highest BCUT2D eigenvalue weighted by atomic mass is 19.2. The number of nitrogens with zero attached hydrogens (tertiary/aromatic N) is 1. The van der Waals surface area contributed by atoms with Crippen LogP contribution in [0.15, 0.2) is 41.0 Å². The van der Waals surface area contributed by atoms with Crippen molar-refractivity contribution in [3.63, 3.8) is 0 Å². The molecule has 1 aromatic carbocycles. The summed E-state index contributed by atoms with van der Waals surface area (Å²) in [5, 5.41) is 3.20. The predicted molar refractivity (Wildman–Crippen MR) is 82.4 cm³/mol. The van der Waals surface area contributed by atoms with E-state index in [0.29, 0.717) is 12.1 Å². The van der Waals surface area contributed by atoms with Crippen LogP contribution in [0, 0.1) is 11.6 Å². The van der Waals surface area contributed by atoms with Crippen LogP contribution in [-0.2, 0) is 6.54 Å². The summed E-state index contributed by atoms with van der Waals surface area (Å²) >= 11 is 0. The molecule has 1 heterocycles. The van der Waals surface area contributed by atoms with Gasteiger partial charge in [0.05, 0.1) is 12.3 Å². The van der Waals surface area contributed by atoms with Crippen molar-refractivity contribution in [3.05, 3.63) is 59.6 Å². The van der Waals surface area contributed by atoms with E-state index in [1.807, 2.05) is 12.1 Å². The van der Waals surface area contributed by atoms with Crippen molar-refractivity contribution < 1.29 is 13.2 Å². The number of furan rings is 1. The van der Waals surface area contributed by atoms with Crippen LogP contribution >= 0.6 is 0 Å². The van der Waals surface area contributed by atoms with E-state index in [9.17, 15) is 8.78 Å². The lowest BCUT2D eigenvalue weighted by atomic mass is 10.1. The first-order chi connectivity index (χ1) is 10.7. The average Bonchev–Trinajstić information content (AvgIpc) is 3.05. The van der Waals surface area contributed by atoms with Gasteiger partial charge in [-0.25, -0.2) is 8.78 Å². The highest BCUT2D eigenvalue weighted by molar-refractivity contribution is 5.18. The zero-order valence-electron chi connectivity index (χ0n) is 13.0. The van der Waals surface area contributed by atoms with Gasteiger partial charge in [-0.1, -0.05) is 26.0 Å². The number of hydrogen-bond acceptors (Lipinski definition) is 3. The molecule has 0 spiro atoms. The molecule has 1 atom stereocenters. The number of benzene rings is 1. The van der Waals surface area contributed by atoms with Gasteiger partial charge in [0.1, 0.15) is 5.76 Å². The van der Waals surface area contributed by atoms with Crippen molar-refractivity contribution in [2.24, 2.45) is 0 Å². The number of rotatable bonds is 8. The summed E-state index contributed by atoms with van der Waals surface area (Å²) in [7, 11) is 0. The standard InChI is InChI=1S/C17H22F2N2O/c1-3-21(4-2)15(16-9-6-10-22-16)12-20-11-13-7-5-8-14(18)17(13)19/h5-10,15,20H,3-4,11-12H2,1-2H3. The van der Waals surface area contributed by atoms with Gasteiger partial charge >= 0.3 is 0 Å². The normalized spacial score (nSPS) is 12.8. The molecule has 0 radical (unpaired) electrons. The minimum absolute atomic E-state index is 0.0709. The van der Waals surface area contributed by atoms with Gasteiger partial charge in [-0.15, -0.1) is 0 Å². The molecule has 0 saturated heterocycles. The van der Waals surface area contributed by atoms with Gasteiger partial charge in [0.2, 0.25) is 0 Å². The van der Waals surface area contributed by atoms with Crippen molar-refractivity contribution >= 4 is 0 Å². The van der Waals surface area contributed by atoms with E-state index in [1.165, 1.54) is 6.07 Å². The fourth-order valence-corrected chi connectivity index (χ4v) is 2.58. The summed E-state index contributed by atoms with van der Waals surface area (Å²) in [6.07, 6.45) is 1.65. The van der Waals surface area contributed by atoms with Crippen LogP contribution < -0.4 is 5.32 Å². The SMILES string of the molecule is CCN(CC)C(CNCc1cccc(F)c1F)c1ccco1. The summed E-state index contributed by atoms with van der Waals surface area (Å²) in [4.78, 5) is 2.26. The molecule has 2 rings (SSSR count). The molecule has 5 heteroatoms. The van der Waals surface area contributed by atoms with Crippen LogP contribution in [0.25, 0.3) is 0 Å². The minimum Gasteiger partial charge on any atom is -0.468 e. The third-order valence-corrected chi connectivity index (χ3v) is 3.81. The third kappa shape index (κ3) is 3.93. The van der Waals surface area contributed by atoms with Crippen molar-refractivity contribution in [2.75, 3.05) is 19.6 Å². The van der Waals surface area contributed by atoms with Crippen molar-refractivity contribution in [2.45, 2.75) is 26.4 Å². The second kappa shape index (κ2) is 8.06. The zero-order chi connectivity index (χ0) is 15.9. The largest absolute Gasteiger partial charge is 0.468 e. The summed E-state index contributed by atoms with van der Waals surface area (Å²) in [5.74, 6) is -0.728. The molecule has 1 N–H and O–H groups in total. The first kappa shape index (κ1) is 16.6. The van der Waals surface area contributed by atoms with Crippen LogP contribution in [-0.4, -0.2) is 24.5 Å². The Bertz CT molecular complexity index is 568. The maximum absolute atomic E-state index is 13.6. The Kier molecular flexibility index (Phi) is 6.10. The Morgan fingerprint density at radius 1 is 1.14 bits per heavy atom. The van der Waals surface area contributed by atoms with Crippen molar-refractivity contribution in [1.82, 2.24) is 10.2 Å². The van der Waals surface area contributed by atoms with Gasteiger partial charge in [-0.3, -0.25) is 4.90 Å². The summed E-state index contributed by atoms with van der Waals surface area (Å²) in [5.41, 5.74) is 0.331. The smallest absolute Gasteiger partial charge is 0.163 e. The van der Waals surface area contributed by atoms with Gasteiger partial charge in [0, 0.05) is 18.7 Å². The molecule has 0 amide bonds. The molecule has 0 aliphatic rings.